The molecule has 4 nitrogen and oxygen atoms in total. The number of nitrogens with zero attached hydrogens (tertiary/aromatic N) is 3. The Balaban J connectivity index is 2.13. The Hall–Kier alpha value is -2.10. The number of rotatable bonds is 1. The molecule has 0 saturated heterocycles. The zero-order valence-electron chi connectivity index (χ0n) is 13.1. The maximum absolute atomic E-state index is 6.13. The van der Waals surface area contributed by atoms with Crippen LogP contribution in [-0.2, 0) is 11.8 Å². The van der Waals surface area contributed by atoms with Gasteiger partial charge in [-0.25, -0.2) is 9.97 Å². The van der Waals surface area contributed by atoms with E-state index in [1.54, 1.807) is 0 Å². The first-order chi connectivity index (χ1) is 9.88. The highest BCUT2D eigenvalue weighted by Gasteiger charge is 2.26. The van der Waals surface area contributed by atoms with Crippen LogP contribution in [0, 0.1) is 6.92 Å². The van der Waals surface area contributed by atoms with Crippen molar-refractivity contribution in [3.63, 3.8) is 0 Å². The number of hydrogen-bond acceptors (Lipinski definition) is 4. The molecule has 1 aromatic carbocycles. The largest absolute Gasteiger partial charge is 0.383 e. The van der Waals surface area contributed by atoms with Crippen molar-refractivity contribution < 1.29 is 0 Å². The maximum Gasteiger partial charge on any atom is 0.141 e. The minimum atomic E-state index is -0.115. The first-order valence-corrected chi connectivity index (χ1v) is 7.38. The van der Waals surface area contributed by atoms with Gasteiger partial charge in [0.1, 0.15) is 17.5 Å². The lowest BCUT2D eigenvalue weighted by Gasteiger charge is -2.25. The second-order valence-electron chi connectivity index (χ2n) is 6.66. The zero-order valence-corrected chi connectivity index (χ0v) is 13.1. The van der Waals surface area contributed by atoms with Gasteiger partial charge in [0.25, 0.3) is 0 Å². The highest BCUT2D eigenvalue weighted by Crippen LogP contribution is 2.36. The van der Waals surface area contributed by atoms with Gasteiger partial charge in [0.15, 0.2) is 0 Å². The molecule has 4 heteroatoms. The van der Waals surface area contributed by atoms with E-state index in [-0.39, 0.29) is 5.41 Å². The summed E-state index contributed by atoms with van der Waals surface area (Å²) in [5.41, 5.74) is 9.57. The van der Waals surface area contributed by atoms with Crippen LogP contribution < -0.4 is 10.6 Å². The van der Waals surface area contributed by atoms with Crippen LogP contribution in [-0.4, -0.2) is 16.5 Å². The third-order valence-corrected chi connectivity index (χ3v) is 3.97. The number of aromatic nitrogens is 2. The summed E-state index contributed by atoms with van der Waals surface area (Å²) in [7, 11) is 0. The topological polar surface area (TPSA) is 55.0 Å². The van der Waals surface area contributed by atoms with Crippen molar-refractivity contribution in [2.45, 2.75) is 39.5 Å². The molecular weight excluding hydrogens is 260 g/mol. The lowest BCUT2D eigenvalue weighted by atomic mass is 9.95. The Morgan fingerprint density at radius 2 is 1.86 bits per heavy atom. The predicted molar refractivity (Wildman–Crippen MR) is 87.0 cm³/mol. The van der Waals surface area contributed by atoms with E-state index >= 15 is 0 Å². The zero-order chi connectivity index (χ0) is 15.2. The summed E-state index contributed by atoms with van der Waals surface area (Å²) >= 11 is 0. The van der Waals surface area contributed by atoms with Gasteiger partial charge in [-0.15, -0.1) is 0 Å². The smallest absolute Gasteiger partial charge is 0.141 e. The third-order valence-electron chi connectivity index (χ3n) is 3.97. The minimum absolute atomic E-state index is 0.115. The van der Waals surface area contributed by atoms with Gasteiger partial charge in [0.2, 0.25) is 0 Å². The Labute approximate surface area is 126 Å². The molecule has 0 saturated carbocycles. The maximum atomic E-state index is 6.13. The molecule has 21 heavy (non-hydrogen) atoms. The second-order valence-corrected chi connectivity index (χ2v) is 6.66. The van der Waals surface area contributed by atoms with Crippen molar-refractivity contribution in [3.8, 4) is 0 Å². The van der Waals surface area contributed by atoms with E-state index in [0.29, 0.717) is 5.82 Å². The quantitative estimate of drug-likeness (QED) is 0.871. The summed E-state index contributed by atoms with van der Waals surface area (Å²) in [6.07, 6.45) is 1.05. The normalized spacial score (nSPS) is 14.4. The van der Waals surface area contributed by atoms with Gasteiger partial charge in [0.05, 0.1) is 0 Å². The molecule has 1 aliphatic heterocycles. The Morgan fingerprint density at radius 3 is 2.57 bits per heavy atom. The summed E-state index contributed by atoms with van der Waals surface area (Å²) in [6.45, 7) is 9.27. The fourth-order valence-electron chi connectivity index (χ4n) is 2.68. The number of fused-ring (bicyclic) bond motifs is 1. The van der Waals surface area contributed by atoms with Gasteiger partial charge >= 0.3 is 0 Å². The van der Waals surface area contributed by atoms with Gasteiger partial charge in [-0.1, -0.05) is 39.0 Å². The number of para-hydroxylation sites is 1. The molecule has 2 aromatic rings. The van der Waals surface area contributed by atoms with Crippen LogP contribution >= 0.6 is 0 Å². The second kappa shape index (κ2) is 4.72. The van der Waals surface area contributed by atoms with Crippen LogP contribution in [0.15, 0.2) is 24.3 Å². The average molecular weight is 282 g/mol. The van der Waals surface area contributed by atoms with Gasteiger partial charge < -0.3 is 10.6 Å². The lowest BCUT2D eigenvalue weighted by molar-refractivity contribution is 0.545. The number of anilines is 3. The number of nitrogens with two attached hydrogens (primary N) is 1. The Bertz CT molecular complexity index is 686. The van der Waals surface area contributed by atoms with E-state index < -0.39 is 0 Å². The summed E-state index contributed by atoms with van der Waals surface area (Å²) in [4.78, 5) is 11.6. The summed E-state index contributed by atoms with van der Waals surface area (Å²) in [5.74, 6) is 2.32. The van der Waals surface area contributed by atoms with Crippen molar-refractivity contribution in [1.29, 1.82) is 0 Å². The van der Waals surface area contributed by atoms with Gasteiger partial charge in [-0.2, -0.15) is 0 Å². The third kappa shape index (κ3) is 2.35. The molecule has 0 unspecified atom stereocenters. The molecule has 1 aromatic heterocycles. The van der Waals surface area contributed by atoms with Crippen molar-refractivity contribution in [2.75, 3.05) is 17.2 Å². The van der Waals surface area contributed by atoms with E-state index in [9.17, 15) is 0 Å². The first-order valence-electron chi connectivity index (χ1n) is 7.38. The molecule has 0 fully saturated rings. The number of benzene rings is 1. The summed E-state index contributed by atoms with van der Waals surface area (Å²) in [5, 5.41) is 0. The van der Waals surface area contributed by atoms with Gasteiger partial charge in [0, 0.05) is 23.2 Å². The van der Waals surface area contributed by atoms with Gasteiger partial charge in [-0.3, -0.25) is 0 Å². The molecular formula is C17H22N4. The molecule has 2 N–H and O–H groups in total. The highest BCUT2D eigenvalue weighted by atomic mass is 15.2. The Kier molecular flexibility index (Phi) is 3.12. The van der Waals surface area contributed by atoms with Crippen LogP contribution in [0.5, 0.6) is 0 Å². The van der Waals surface area contributed by atoms with E-state index in [1.165, 1.54) is 11.3 Å². The molecule has 0 aliphatic carbocycles. The molecule has 0 radical (unpaired) electrons. The van der Waals surface area contributed by atoms with Crippen molar-refractivity contribution >= 4 is 17.3 Å². The molecule has 0 bridgehead atoms. The van der Waals surface area contributed by atoms with Crippen LogP contribution in [0.2, 0.25) is 0 Å². The molecule has 2 heterocycles. The predicted octanol–water partition coefficient (Wildman–Crippen LogP) is 3.36. The summed E-state index contributed by atoms with van der Waals surface area (Å²) in [6, 6.07) is 8.49. The van der Waals surface area contributed by atoms with E-state index in [0.717, 1.165) is 30.2 Å². The first kappa shape index (κ1) is 13.9. The molecule has 0 amide bonds. The monoisotopic (exact) mass is 282 g/mol. The molecule has 3 rings (SSSR count). The summed E-state index contributed by atoms with van der Waals surface area (Å²) < 4.78 is 0. The lowest BCUT2D eigenvalue weighted by Crippen LogP contribution is -2.23. The van der Waals surface area contributed by atoms with Crippen LogP contribution in [0.1, 0.15) is 37.7 Å². The number of nitrogen functional groups attached to an aromatic ring is 1. The highest BCUT2D eigenvalue weighted by molar-refractivity contribution is 5.71. The standard InChI is InChI=1S/C17H22N4/c1-11-14(18)19-16(17(2,3)4)20-15(11)21-10-9-12-7-5-6-8-13(12)21/h5-8H,9-10H2,1-4H3,(H2,18,19,20). The molecule has 0 spiro atoms. The fourth-order valence-corrected chi connectivity index (χ4v) is 2.68. The average Bonchev–Trinajstić information content (AvgIpc) is 2.84. The van der Waals surface area contributed by atoms with Crippen molar-refractivity contribution in [3.05, 3.63) is 41.2 Å². The van der Waals surface area contributed by atoms with Crippen LogP contribution in [0.3, 0.4) is 0 Å². The van der Waals surface area contributed by atoms with Gasteiger partial charge in [-0.05, 0) is 25.0 Å². The van der Waals surface area contributed by atoms with Crippen molar-refractivity contribution in [2.24, 2.45) is 0 Å². The Morgan fingerprint density at radius 1 is 1.14 bits per heavy atom. The fraction of sp³-hybridized carbons (Fsp3) is 0.412. The van der Waals surface area contributed by atoms with E-state index in [1.807, 2.05) is 6.92 Å². The van der Waals surface area contributed by atoms with E-state index in [4.69, 9.17) is 10.7 Å². The van der Waals surface area contributed by atoms with Crippen molar-refractivity contribution in [1.82, 2.24) is 9.97 Å². The molecule has 110 valence electrons. The minimum Gasteiger partial charge on any atom is -0.383 e. The van der Waals surface area contributed by atoms with E-state index in [2.05, 4.69) is 54.9 Å². The molecule has 1 aliphatic rings. The van der Waals surface area contributed by atoms with Crippen LogP contribution in [0.4, 0.5) is 17.3 Å². The number of hydrogen-bond donors (Lipinski definition) is 1. The molecule has 0 atom stereocenters. The van der Waals surface area contributed by atoms with Crippen LogP contribution in [0.25, 0.3) is 0 Å². The SMILES string of the molecule is Cc1c(N)nc(C(C)(C)C)nc1N1CCc2ccccc21.